The predicted octanol–water partition coefficient (Wildman–Crippen LogP) is 3.88. The zero-order chi connectivity index (χ0) is 15.2. The second kappa shape index (κ2) is 6.90. The molecule has 0 saturated carbocycles. The van der Waals surface area contributed by atoms with Crippen molar-refractivity contribution in [2.24, 2.45) is 0 Å². The van der Waals surface area contributed by atoms with Crippen LogP contribution in [0.4, 0.5) is 5.69 Å². The van der Waals surface area contributed by atoms with Gasteiger partial charge >= 0.3 is 0 Å². The van der Waals surface area contributed by atoms with Crippen LogP contribution in [0.15, 0.2) is 48.5 Å². The molecule has 0 aliphatic rings. The van der Waals surface area contributed by atoms with Gasteiger partial charge < -0.3 is 15.2 Å². The van der Waals surface area contributed by atoms with Gasteiger partial charge in [-0.15, -0.1) is 0 Å². The van der Waals surface area contributed by atoms with Gasteiger partial charge in [-0.2, -0.15) is 0 Å². The van der Waals surface area contributed by atoms with Gasteiger partial charge in [0.05, 0.1) is 11.8 Å². The van der Waals surface area contributed by atoms with E-state index in [0.29, 0.717) is 23.6 Å². The Bertz CT molecular complexity index is 608. The van der Waals surface area contributed by atoms with Crippen LogP contribution >= 0.6 is 0 Å². The van der Waals surface area contributed by atoms with Crippen LogP contribution in [0.25, 0.3) is 0 Å². The summed E-state index contributed by atoms with van der Waals surface area (Å²) >= 11 is 0. The third kappa shape index (κ3) is 4.07. The minimum absolute atomic E-state index is 0.146. The number of aliphatic hydroxyl groups is 1. The molecule has 0 spiro atoms. The number of nitrogens with one attached hydrogen (secondary N) is 1. The van der Waals surface area contributed by atoms with Gasteiger partial charge in [-0.1, -0.05) is 31.2 Å². The number of carbonyl (C=O) groups is 1. The standard InChI is InChI=1S/C17H19NO3/c1-3-16(20)13-8-10-14(11-9-13)21-17-7-5-4-6-15(17)18-12(2)19/h4-11,16,20H,3H2,1-2H3,(H,18,19). The fourth-order valence-corrected chi connectivity index (χ4v) is 1.97. The Morgan fingerprint density at radius 2 is 1.86 bits per heavy atom. The van der Waals surface area contributed by atoms with Crippen molar-refractivity contribution >= 4 is 11.6 Å². The summed E-state index contributed by atoms with van der Waals surface area (Å²) in [5.74, 6) is 1.09. The first-order valence-corrected chi connectivity index (χ1v) is 6.92. The lowest BCUT2D eigenvalue weighted by molar-refractivity contribution is -0.114. The van der Waals surface area contributed by atoms with E-state index < -0.39 is 6.10 Å². The first-order valence-electron chi connectivity index (χ1n) is 6.92. The van der Waals surface area contributed by atoms with Gasteiger partial charge in [-0.3, -0.25) is 4.79 Å². The summed E-state index contributed by atoms with van der Waals surface area (Å²) in [7, 11) is 0. The monoisotopic (exact) mass is 285 g/mol. The maximum absolute atomic E-state index is 11.2. The number of amides is 1. The lowest BCUT2D eigenvalue weighted by Gasteiger charge is -2.12. The molecule has 4 heteroatoms. The summed E-state index contributed by atoms with van der Waals surface area (Å²) in [6.07, 6.45) is 0.219. The molecule has 0 aliphatic heterocycles. The normalized spacial score (nSPS) is 11.8. The summed E-state index contributed by atoms with van der Waals surface area (Å²) in [5, 5.41) is 12.5. The molecular formula is C17H19NO3. The van der Waals surface area contributed by atoms with Crippen molar-refractivity contribution in [3.8, 4) is 11.5 Å². The van der Waals surface area contributed by atoms with Gasteiger partial charge in [0, 0.05) is 6.92 Å². The van der Waals surface area contributed by atoms with Crippen molar-refractivity contribution in [3.63, 3.8) is 0 Å². The molecule has 0 fully saturated rings. The molecule has 21 heavy (non-hydrogen) atoms. The zero-order valence-electron chi connectivity index (χ0n) is 12.2. The third-order valence-electron chi connectivity index (χ3n) is 3.08. The molecule has 0 aromatic heterocycles. The lowest BCUT2D eigenvalue weighted by atomic mass is 10.1. The second-order valence-electron chi connectivity index (χ2n) is 4.77. The van der Waals surface area contributed by atoms with Gasteiger partial charge in [0.25, 0.3) is 0 Å². The Kier molecular flexibility index (Phi) is 4.95. The summed E-state index contributed by atoms with van der Waals surface area (Å²) in [4.78, 5) is 11.2. The number of hydrogen-bond acceptors (Lipinski definition) is 3. The Morgan fingerprint density at radius 1 is 1.19 bits per heavy atom. The van der Waals surface area contributed by atoms with Gasteiger partial charge in [0.15, 0.2) is 5.75 Å². The quantitative estimate of drug-likeness (QED) is 0.876. The molecule has 2 aromatic carbocycles. The Morgan fingerprint density at radius 3 is 2.48 bits per heavy atom. The van der Waals surface area contributed by atoms with Crippen LogP contribution in [-0.4, -0.2) is 11.0 Å². The summed E-state index contributed by atoms with van der Waals surface area (Å²) in [6, 6.07) is 14.5. The molecule has 2 N–H and O–H groups in total. The van der Waals surface area contributed by atoms with Crippen LogP contribution in [0, 0.1) is 0 Å². The lowest BCUT2D eigenvalue weighted by Crippen LogP contribution is -2.06. The van der Waals surface area contributed by atoms with E-state index in [1.54, 1.807) is 24.3 Å². The molecule has 0 radical (unpaired) electrons. The first-order chi connectivity index (χ1) is 10.1. The van der Waals surface area contributed by atoms with Crippen LogP contribution in [0.2, 0.25) is 0 Å². The molecule has 2 aromatic rings. The van der Waals surface area contributed by atoms with Crippen LogP contribution in [0.3, 0.4) is 0 Å². The van der Waals surface area contributed by atoms with E-state index in [9.17, 15) is 9.90 Å². The highest BCUT2D eigenvalue weighted by Gasteiger charge is 2.07. The highest BCUT2D eigenvalue weighted by atomic mass is 16.5. The number of para-hydroxylation sites is 2. The van der Waals surface area contributed by atoms with Crippen molar-refractivity contribution < 1.29 is 14.6 Å². The molecule has 110 valence electrons. The maximum atomic E-state index is 11.2. The number of benzene rings is 2. The molecule has 0 saturated heterocycles. The number of ether oxygens (including phenoxy) is 1. The topological polar surface area (TPSA) is 58.6 Å². The molecule has 4 nitrogen and oxygen atoms in total. The van der Waals surface area contributed by atoms with E-state index in [4.69, 9.17) is 4.74 Å². The Balaban J connectivity index is 2.16. The molecule has 1 amide bonds. The van der Waals surface area contributed by atoms with E-state index in [0.717, 1.165) is 5.56 Å². The summed E-state index contributed by atoms with van der Waals surface area (Å²) < 4.78 is 5.78. The molecule has 2 rings (SSSR count). The molecule has 0 heterocycles. The minimum atomic E-state index is -0.453. The fraction of sp³-hybridized carbons (Fsp3) is 0.235. The Hall–Kier alpha value is -2.33. The zero-order valence-corrected chi connectivity index (χ0v) is 12.2. The minimum Gasteiger partial charge on any atom is -0.455 e. The average Bonchev–Trinajstić information content (AvgIpc) is 2.49. The van der Waals surface area contributed by atoms with Gasteiger partial charge in [0.1, 0.15) is 5.75 Å². The number of rotatable bonds is 5. The number of carbonyl (C=O) groups excluding carboxylic acids is 1. The summed E-state index contributed by atoms with van der Waals surface area (Å²) in [5.41, 5.74) is 1.49. The number of aliphatic hydroxyl groups excluding tert-OH is 1. The largest absolute Gasteiger partial charge is 0.455 e. The van der Waals surface area contributed by atoms with E-state index in [-0.39, 0.29) is 5.91 Å². The highest BCUT2D eigenvalue weighted by Crippen LogP contribution is 2.30. The average molecular weight is 285 g/mol. The highest BCUT2D eigenvalue weighted by molar-refractivity contribution is 5.90. The van der Waals surface area contributed by atoms with Crippen molar-refractivity contribution in [3.05, 3.63) is 54.1 Å². The van der Waals surface area contributed by atoms with Crippen LogP contribution in [0.5, 0.6) is 11.5 Å². The first kappa shape index (κ1) is 15.1. The van der Waals surface area contributed by atoms with E-state index in [1.807, 2.05) is 31.2 Å². The predicted molar refractivity (Wildman–Crippen MR) is 82.5 cm³/mol. The molecule has 1 atom stereocenters. The van der Waals surface area contributed by atoms with Gasteiger partial charge in [0.2, 0.25) is 5.91 Å². The smallest absolute Gasteiger partial charge is 0.221 e. The van der Waals surface area contributed by atoms with E-state index in [2.05, 4.69) is 5.32 Å². The SMILES string of the molecule is CCC(O)c1ccc(Oc2ccccc2NC(C)=O)cc1. The fourth-order valence-electron chi connectivity index (χ4n) is 1.97. The van der Waals surface area contributed by atoms with Crippen molar-refractivity contribution in [2.75, 3.05) is 5.32 Å². The van der Waals surface area contributed by atoms with E-state index in [1.165, 1.54) is 6.92 Å². The molecule has 0 bridgehead atoms. The second-order valence-corrected chi connectivity index (χ2v) is 4.77. The number of hydrogen-bond donors (Lipinski definition) is 2. The van der Waals surface area contributed by atoms with Crippen LogP contribution < -0.4 is 10.1 Å². The Labute approximate surface area is 124 Å². The van der Waals surface area contributed by atoms with E-state index >= 15 is 0 Å². The van der Waals surface area contributed by atoms with Crippen molar-refractivity contribution in [1.29, 1.82) is 0 Å². The summed E-state index contributed by atoms with van der Waals surface area (Å²) in [6.45, 7) is 3.39. The number of anilines is 1. The van der Waals surface area contributed by atoms with Crippen LogP contribution in [-0.2, 0) is 4.79 Å². The third-order valence-corrected chi connectivity index (χ3v) is 3.08. The van der Waals surface area contributed by atoms with Crippen molar-refractivity contribution in [1.82, 2.24) is 0 Å². The van der Waals surface area contributed by atoms with Gasteiger partial charge in [-0.25, -0.2) is 0 Å². The molecule has 0 aliphatic carbocycles. The van der Waals surface area contributed by atoms with Crippen LogP contribution in [0.1, 0.15) is 31.9 Å². The maximum Gasteiger partial charge on any atom is 0.221 e. The van der Waals surface area contributed by atoms with Crippen molar-refractivity contribution in [2.45, 2.75) is 26.4 Å². The molecular weight excluding hydrogens is 266 g/mol. The molecule has 1 unspecified atom stereocenters. The van der Waals surface area contributed by atoms with Gasteiger partial charge in [-0.05, 0) is 36.2 Å².